The highest BCUT2D eigenvalue weighted by Gasteiger charge is 2.12. The van der Waals surface area contributed by atoms with Crippen LogP contribution in [-0.2, 0) is 11.8 Å². The van der Waals surface area contributed by atoms with Crippen LogP contribution in [0.3, 0.4) is 0 Å². The van der Waals surface area contributed by atoms with Gasteiger partial charge in [0.05, 0.1) is 0 Å². The Bertz CT molecular complexity index is 293. The Kier molecular flexibility index (Phi) is 3.29. The van der Waals surface area contributed by atoms with Gasteiger partial charge in [-0.25, -0.2) is 4.79 Å². The molecule has 1 rings (SSSR count). The van der Waals surface area contributed by atoms with E-state index in [9.17, 15) is 4.79 Å². The first-order valence-corrected chi connectivity index (χ1v) is 5.53. The smallest absolute Gasteiger partial charge is 0.346 e. The van der Waals surface area contributed by atoms with Crippen LogP contribution in [0, 0.1) is 0 Å². The summed E-state index contributed by atoms with van der Waals surface area (Å²) in [6.45, 7) is 1.96. The van der Waals surface area contributed by atoms with Gasteiger partial charge in [-0.1, -0.05) is 22.9 Å². The number of aromatic carboxylic acids is 1. The Morgan fingerprint density at radius 1 is 1.75 bits per heavy atom. The highest BCUT2D eigenvalue weighted by Crippen LogP contribution is 2.24. The first-order valence-electron chi connectivity index (χ1n) is 3.59. The maximum absolute atomic E-state index is 10.7. The summed E-state index contributed by atoms with van der Waals surface area (Å²) in [7, 11) is 0. The summed E-state index contributed by atoms with van der Waals surface area (Å²) >= 11 is 4.65. The van der Waals surface area contributed by atoms with E-state index >= 15 is 0 Å². The molecule has 1 N–H and O–H groups in total. The van der Waals surface area contributed by atoms with E-state index in [4.69, 9.17) is 5.11 Å². The molecule has 0 aliphatic rings. The van der Waals surface area contributed by atoms with Gasteiger partial charge in [0.25, 0.3) is 0 Å². The zero-order chi connectivity index (χ0) is 9.14. The molecule has 0 spiro atoms. The van der Waals surface area contributed by atoms with Crippen molar-refractivity contribution in [2.24, 2.45) is 0 Å². The van der Waals surface area contributed by atoms with Gasteiger partial charge in [0.2, 0.25) is 0 Å². The van der Waals surface area contributed by atoms with Crippen molar-refractivity contribution in [2.75, 3.05) is 0 Å². The van der Waals surface area contributed by atoms with Crippen LogP contribution in [0.15, 0.2) is 6.07 Å². The first-order chi connectivity index (χ1) is 5.69. The van der Waals surface area contributed by atoms with E-state index in [2.05, 4.69) is 15.9 Å². The molecule has 4 heteroatoms. The van der Waals surface area contributed by atoms with Crippen LogP contribution in [-0.4, -0.2) is 11.1 Å². The van der Waals surface area contributed by atoms with E-state index < -0.39 is 5.97 Å². The molecule has 0 atom stereocenters. The van der Waals surface area contributed by atoms with Gasteiger partial charge >= 0.3 is 5.97 Å². The first kappa shape index (κ1) is 9.74. The van der Waals surface area contributed by atoms with Crippen molar-refractivity contribution < 1.29 is 9.90 Å². The zero-order valence-electron chi connectivity index (χ0n) is 6.63. The Hall–Kier alpha value is -0.350. The van der Waals surface area contributed by atoms with Gasteiger partial charge in [-0.15, -0.1) is 11.3 Å². The Morgan fingerprint density at radius 2 is 2.42 bits per heavy atom. The highest BCUT2D eigenvalue weighted by atomic mass is 79.9. The van der Waals surface area contributed by atoms with Crippen molar-refractivity contribution in [1.82, 2.24) is 0 Å². The molecule has 0 fully saturated rings. The number of carboxylic acid groups (broad SMARTS) is 1. The molecule has 1 aromatic rings. The SMILES string of the molecule is CCc1cc(CBr)sc1C(=O)O. The van der Waals surface area contributed by atoms with E-state index in [1.165, 1.54) is 11.3 Å². The molecular weight excluding hydrogens is 240 g/mol. The Labute approximate surface area is 83.4 Å². The van der Waals surface area contributed by atoms with Crippen molar-refractivity contribution >= 4 is 33.2 Å². The molecule has 2 nitrogen and oxygen atoms in total. The number of carboxylic acids is 1. The number of hydrogen-bond acceptors (Lipinski definition) is 2. The minimum absolute atomic E-state index is 0.479. The van der Waals surface area contributed by atoms with Crippen molar-refractivity contribution in [3.05, 3.63) is 21.4 Å². The molecule has 1 heterocycles. The summed E-state index contributed by atoms with van der Waals surface area (Å²) in [6, 6.07) is 1.95. The van der Waals surface area contributed by atoms with Crippen LogP contribution >= 0.6 is 27.3 Å². The molecular formula is C8H9BrO2S. The third-order valence-electron chi connectivity index (χ3n) is 1.57. The standard InChI is InChI=1S/C8H9BrO2S/c1-2-5-3-6(4-9)12-7(5)8(10)11/h3H,2,4H2,1H3,(H,10,11). The predicted octanol–water partition coefficient (Wildman–Crippen LogP) is 2.90. The lowest BCUT2D eigenvalue weighted by Gasteiger charge is -1.91. The molecule has 66 valence electrons. The molecule has 0 amide bonds. The number of halogens is 1. The second-order valence-electron chi connectivity index (χ2n) is 2.36. The molecule has 0 saturated carbocycles. The lowest BCUT2D eigenvalue weighted by atomic mass is 10.2. The molecule has 0 unspecified atom stereocenters. The van der Waals surface area contributed by atoms with Crippen LogP contribution < -0.4 is 0 Å². The van der Waals surface area contributed by atoms with Gasteiger partial charge < -0.3 is 5.11 Å². The van der Waals surface area contributed by atoms with Crippen LogP contribution in [0.4, 0.5) is 0 Å². The highest BCUT2D eigenvalue weighted by molar-refractivity contribution is 9.08. The molecule has 0 aliphatic carbocycles. The Balaban J connectivity index is 3.08. The molecule has 0 saturated heterocycles. The van der Waals surface area contributed by atoms with E-state index in [1.807, 2.05) is 13.0 Å². The molecule has 0 aliphatic heterocycles. The van der Waals surface area contributed by atoms with E-state index in [-0.39, 0.29) is 0 Å². The van der Waals surface area contributed by atoms with Crippen molar-refractivity contribution in [1.29, 1.82) is 0 Å². The van der Waals surface area contributed by atoms with Crippen LogP contribution in [0.2, 0.25) is 0 Å². The van der Waals surface area contributed by atoms with Crippen LogP contribution in [0.25, 0.3) is 0 Å². The van der Waals surface area contributed by atoms with Crippen molar-refractivity contribution in [2.45, 2.75) is 18.7 Å². The second-order valence-corrected chi connectivity index (χ2v) is 4.06. The third kappa shape index (κ3) is 1.87. The number of alkyl halides is 1. The number of rotatable bonds is 3. The lowest BCUT2D eigenvalue weighted by molar-refractivity contribution is 0.0701. The number of carbonyl (C=O) groups is 1. The van der Waals surface area contributed by atoms with Gasteiger partial charge in [0.1, 0.15) is 4.88 Å². The topological polar surface area (TPSA) is 37.3 Å². The molecule has 0 bridgehead atoms. The van der Waals surface area contributed by atoms with E-state index in [1.54, 1.807) is 0 Å². The van der Waals surface area contributed by atoms with E-state index in [0.29, 0.717) is 4.88 Å². The maximum atomic E-state index is 10.7. The molecule has 0 radical (unpaired) electrons. The second kappa shape index (κ2) is 4.05. The number of thiophene rings is 1. The van der Waals surface area contributed by atoms with Crippen LogP contribution in [0.5, 0.6) is 0 Å². The third-order valence-corrected chi connectivity index (χ3v) is 3.71. The fourth-order valence-corrected chi connectivity index (χ4v) is 2.44. The van der Waals surface area contributed by atoms with Gasteiger partial charge in [0.15, 0.2) is 0 Å². The van der Waals surface area contributed by atoms with Crippen molar-refractivity contribution in [3.63, 3.8) is 0 Å². The summed E-state index contributed by atoms with van der Waals surface area (Å²) in [4.78, 5) is 12.3. The van der Waals surface area contributed by atoms with Gasteiger partial charge in [-0.2, -0.15) is 0 Å². The largest absolute Gasteiger partial charge is 0.477 e. The fraction of sp³-hybridized carbons (Fsp3) is 0.375. The van der Waals surface area contributed by atoms with Crippen molar-refractivity contribution in [3.8, 4) is 0 Å². The van der Waals surface area contributed by atoms with E-state index in [0.717, 1.165) is 22.2 Å². The zero-order valence-corrected chi connectivity index (χ0v) is 9.04. The molecule has 0 aromatic carbocycles. The monoisotopic (exact) mass is 248 g/mol. The number of aryl methyl sites for hydroxylation is 1. The lowest BCUT2D eigenvalue weighted by Crippen LogP contribution is -1.95. The Morgan fingerprint density at radius 3 is 2.75 bits per heavy atom. The summed E-state index contributed by atoms with van der Waals surface area (Å²) in [6.07, 6.45) is 0.783. The average molecular weight is 249 g/mol. The van der Waals surface area contributed by atoms with Gasteiger partial charge in [0, 0.05) is 10.2 Å². The van der Waals surface area contributed by atoms with Gasteiger partial charge in [-0.05, 0) is 18.1 Å². The maximum Gasteiger partial charge on any atom is 0.346 e. The fourth-order valence-electron chi connectivity index (χ4n) is 0.995. The number of hydrogen-bond donors (Lipinski definition) is 1. The normalized spacial score (nSPS) is 10.2. The minimum Gasteiger partial charge on any atom is -0.477 e. The molecule has 1 aromatic heterocycles. The summed E-state index contributed by atoms with van der Waals surface area (Å²) in [5.74, 6) is -0.816. The average Bonchev–Trinajstić information content (AvgIpc) is 2.47. The minimum atomic E-state index is -0.816. The molecule has 12 heavy (non-hydrogen) atoms. The van der Waals surface area contributed by atoms with Gasteiger partial charge in [-0.3, -0.25) is 0 Å². The summed E-state index contributed by atoms with van der Waals surface area (Å²) in [5, 5.41) is 9.53. The predicted molar refractivity (Wildman–Crippen MR) is 53.3 cm³/mol. The summed E-state index contributed by atoms with van der Waals surface area (Å²) < 4.78 is 0. The quantitative estimate of drug-likeness (QED) is 0.836. The van der Waals surface area contributed by atoms with Crippen LogP contribution in [0.1, 0.15) is 27.0 Å². The summed E-state index contributed by atoms with van der Waals surface area (Å²) in [5.41, 5.74) is 0.932.